The second-order valence-electron chi connectivity index (χ2n) is 6.33. The summed E-state index contributed by atoms with van der Waals surface area (Å²) in [6.45, 7) is 4.43. The van der Waals surface area contributed by atoms with Crippen LogP contribution >= 0.6 is 0 Å². The van der Waals surface area contributed by atoms with Crippen LogP contribution in [-0.4, -0.2) is 41.7 Å². The molecule has 4 nitrogen and oxygen atoms in total. The lowest BCUT2D eigenvalue weighted by molar-refractivity contribution is -0.153. The maximum absolute atomic E-state index is 11.6. The smallest absolute Gasteiger partial charge is 0.310 e. The quantitative estimate of drug-likeness (QED) is 0.925. The summed E-state index contributed by atoms with van der Waals surface area (Å²) in [4.78, 5) is 13.9. The zero-order chi connectivity index (χ0) is 14.9. The van der Waals surface area contributed by atoms with Crippen molar-refractivity contribution in [3.63, 3.8) is 0 Å². The standard InChI is InChI=1S/C17H23NO3/c1-2-17(16(19)20)8-5-9-18(12-17)11-14-10-13-6-3-4-7-15(13)21-14/h3-4,6-7,14H,2,5,8-12H2,1H3,(H,19,20). The Bertz CT molecular complexity index is 506. The summed E-state index contributed by atoms with van der Waals surface area (Å²) in [6.07, 6.45) is 3.54. The second kappa shape index (κ2) is 5.68. The van der Waals surface area contributed by atoms with E-state index in [1.165, 1.54) is 5.56 Å². The van der Waals surface area contributed by atoms with Crippen LogP contribution in [0, 0.1) is 5.41 Å². The summed E-state index contributed by atoms with van der Waals surface area (Å²) in [6, 6.07) is 8.16. The molecule has 21 heavy (non-hydrogen) atoms. The molecule has 0 bridgehead atoms. The van der Waals surface area contributed by atoms with Gasteiger partial charge in [0.2, 0.25) is 0 Å². The zero-order valence-electron chi connectivity index (χ0n) is 12.5. The third-order valence-corrected chi connectivity index (χ3v) is 4.96. The molecule has 1 aromatic carbocycles. The highest BCUT2D eigenvalue weighted by Gasteiger charge is 2.41. The average Bonchev–Trinajstić information content (AvgIpc) is 2.89. The van der Waals surface area contributed by atoms with Crippen LogP contribution in [0.3, 0.4) is 0 Å². The number of likely N-dealkylation sites (tertiary alicyclic amines) is 1. The molecule has 1 saturated heterocycles. The van der Waals surface area contributed by atoms with E-state index in [0.717, 1.165) is 38.1 Å². The Hall–Kier alpha value is -1.55. The van der Waals surface area contributed by atoms with E-state index in [0.29, 0.717) is 13.0 Å². The average molecular weight is 289 g/mol. The van der Waals surface area contributed by atoms with Crippen LogP contribution in [0.2, 0.25) is 0 Å². The predicted octanol–water partition coefficient (Wildman–Crippen LogP) is 2.57. The number of carboxylic acid groups (broad SMARTS) is 1. The zero-order valence-corrected chi connectivity index (χ0v) is 12.5. The van der Waals surface area contributed by atoms with E-state index >= 15 is 0 Å². The van der Waals surface area contributed by atoms with E-state index in [-0.39, 0.29) is 6.10 Å². The first-order valence-electron chi connectivity index (χ1n) is 7.83. The number of aliphatic carboxylic acids is 1. The Labute approximate surface area is 125 Å². The molecule has 0 aliphatic carbocycles. The molecule has 2 aliphatic heterocycles. The lowest BCUT2D eigenvalue weighted by Crippen LogP contribution is -2.50. The molecule has 0 aromatic heterocycles. The molecule has 0 spiro atoms. The van der Waals surface area contributed by atoms with Gasteiger partial charge in [0.25, 0.3) is 0 Å². The molecule has 2 aliphatic rings. The van der Waals surface area contributed by atoms with Crippen molar-refractivity contribution < 1.29 is 14.6 Å². The topological polar surface area (TPSA) is 49.8 Å². The number of ether oxygens (including phenoxy) is 1. The number of para-hydroxylation sites is 1. The lowest BCUT2D eigenvalue weighted by atomic mass is 9.77. The summed E-state index contributed by atoms with van der Waals surface area (Å²) in [5, 5.41) is 9.55. The van der Waals surface area contributed by atoms with Gasteiger partial charge in [-0.25, -0.2) is 0 Å². The first-order valence-corrected chi connectivity index (χ1v) is 7.83. The summed E-state index contributed by atoms with van der Waals surface area (Å²) in [5.41, 5.74) is 0.698. The highest BCUT2D eigenvalue weighted by molar-refractivity contribution is 5.75. The maximum Gasteiger partial charge on any atom is 0.310 e. The molecular weight excluding hydrogens is 266 g/mol. The van der Waals surface area contributed by atoms with Crippen molar-refractivity contribution in [1.82, 2.24) is 4.90 Å². The molecule has 0 amide bonds. The van der Waals surface area contributed by atoms with E-state index in [4.69, 9.17) is 4.74 Å². The number of carboxylic acids is 1. The molecule has 2 atom stereocenters. The number of hydrogen-bond donors (Lipinski definition) is 1. The van der Waals surface area contributed by atoms with Gasteiger partial charge in [0.1, 0.15) is 11.9 Å². The fraction of sp³-hybridized carbons (Fsp3) is 0.588. The van der Waals surface area contributed by atoms with Gasteiger partial charge in [-0.1, -0.05) is 25.1 Å². The summed E-state index contributed by atoms with van der Waals surface area (Å²) < 4.78 is 5.98. The molecule has 0 saturated carbocycles. The molecule has 4 heteroatoms. The van der Waals surface area contributed by atoms with Crippen molar-refractivity contribution in [3.05, 3.63) is 29.8 Å². The summed E-state index contributed by atoms with van der Waals surface area (Å²) in [5.74, 6) is 0.338. The number of benzene rings is 1. The molecule has 1 aromatic rings. The molecule has 1 fully saturated rings. The number of rotatable bonds is 4. The van der Waals surface area contributed by atoms with E-state index in [9.17, 15) is 9.90 Å². The number of carbonyl (C=O) groups is 1. The van der Waals surface area contributed by atoms with Crippen LogP contribution in [0.4, 0.5) is 0 Å². The van der Waals surface area contributed by atoms with Crippen molar-refractivity contribution in [1.29, 1.82) is 0 Å². The van der Waals surface area contributed by atoms with E-state index in [2.05, 4.69) is 11.0 Å². The van der Waals surface area contributed by atoms with E-state index in [1.54, 1.807) is 0 Å². The van der Waals surface area contributed by atoms with Crippen molar-refractivity contribution in [2.24, 2.45) is 5.41 Å². The monoisotopic (exact) mass is 289 g/mol. The predicted molar refractivity (Wildman–Crippen MR) is 80.6 cm³/mol. The Kier molecular flexibility index (Phi) is 3.89. The van der Waals surface area contributed by atoms with Gasteiger partial charge in [0.15, 0.2) is 0 Å². The van der Waals surface area contributed by atoms with Gasteiger partial charge in [0.05, 0.1) is 5.41 Å². The SMILES string of the molecule is CCC1(C(=O)O)CCCN(CC2Cc3ccccc3O2)C1. The number of hydrogen-bond acceptors (Lipinski definition) is 3. The molecular formula is C17H23NO3. The number of fused-ring (bicyclic) bond motifs is 1. The van der Waals surface area contributed by atoms with Crippen molar-refractivity contribution in [2.75, 3.05) is 19.6 Å². The van der Waals surface area contributed by atoms with E-state index in [1.807, 2.05) is 25.1 Å². The Balaban J connectivity index is 1.63. The highest BCUT2D eigenvalue weighted by Crippen LogP contribution is 2.35. The first-order chi connectivity index (χ1) is 10.1. The number of nitrogens with zero attached hydrogens (tertiary/aromatic N) is 1. The summed E-state index contributed by atoms with van der Waals surface area (Å²) >= 11 is 0. The fourth-order valence-corrected chi connectivity index (χ4v) is 3.64. The minimum absolute atomic E-state index is 0.156. The van der Waals surface area contributed by atoms with Gasteiger partial charge in [-0.2, -0.15) is 0 Å². The molecule has 2 unspecified atom stereocenters. The van der Waals surface area contributed by atoms with Crippen molar-refractivity contribution in [2.45, 2.75) is 38.7 Å². The van der Waals surface area contributed by atoms with Crippen LogP contribution in [-0.2, 0) is 11.2 Å². The third kappa shape index (κ3) is 2.77. The van der Waals surface area contributed by atoms with Gasteiger partial charge in [-0.05, 0) is 37.4 Å². The minimum atomic E-state index is -0.648. The fourth-order valence-electron chi connectivity index (χ4n) is 3.64. The van der Waals surface area contributed by atoms with Crippen molar-refractivity contribution in [3.8, 4) is 5.75 Å². The maximum atomic E-state index is 11.6. The largest absolute Gasteiger partial charge is 0.488 e. The van der Waals surface area contributed by atoms with Gasteiger partial charge in [-0.15, -0.1) is 0 Å². The molecule has 1 N–H and O–H groups in total. The van der Waals surface area contributed by atoms with Crippen LogP contribution in [0.1, 0.15) is 31.7 Å². The Morgan fingerprint density at radius 3 is 3.00 bits per heavy atom. The molecule has 0 radical (unpaired) electrons. The Morgan fingerprint density at radius 1 is 1.48 bits per heavy atom. The normalized spacial score (nSPS) is 28.9. The van der Waals surface area contributed by atoms with Crippen LogP contribution in [0.5, 0.6) is 5.75 Å². The van der Waals surface area contributed by atoms with Crippen LogP contribution in [0.25, 0.3) is 0 Å². The van der Waals surface area contributed by atoms with E-state index < -0.39 is 11.4 Å². The van der Waals surface area contributed by atoms with Gasteiger partial charge in [-0.3, -0.25) is 9.69 Å². The minimum Gasteiger partial charge on any atom is -0.488 e. The van der Waals surface area contributed by atoms with Gasteiger partial charge >= 0.3 is 5.97 Å². The third-order valence-electron chi connectivity index (χ3n) is 4.96. The Morgan fingerprint density at radius 2 is 2.29 bits per heavy atom. The van der Waals surface area contributed by atoms with Gasteiger partial charge in [0, 0.05) is 19.5 Å². The lowest BCUT2D eigenvalue weighted by Gasteiger charge is -2.40. The molecule has 114 valence electrons. The van der Waals surface area contributed by atoms with Crippen LogP contribution < -0.4 is 4.74 Å². The highest BCUT2D eigenvalue weighted by atomic mass is 16.5. The molecule has 3 rings (SSSR count). The van der Waals surface area contributed by atoms with Crippen molar-refractivity contribution >= 4 is 5.97 Å². The molecule has 2 heterocycles. The first kappa shape index (κ1) is 14.4. The second-order valence-corrected chi connectivity index (χ2v) is 6.33. The van der Waals surface area contributed by atoms with Gasteiger partial charge < -0.3 is 9.84 Å². The summed E-state index contributed by atoms with van der Waals surface area (Å²) in [7, 11) is 0. The van der Waals surface area contributed by atoms with Crippen LogP contribution in [0.15, 0.2) is 24.3 Å². The number of piperidine rings is 1.